The molecule has 0 amide bonds. The normalized spacial score (nSPS) is 18.8. The molecule has 0 N–H and O–H groups in total. The Morgan fingerprint density at radius 1 is 1.00 bits per heavy atom. The number of Topliss-reactive ketones (excluding diaryl/α,β-unsaturated/α-hetero) is 1. The standard InChI is InChI=1S/C15H16O/c1-2-12-7-9-13(10-8-12)11-14-5-3-4-6-15(14)16/h2,7-11H,1,3-6H2/b14-11-. The topological polar surface area (TPSA) is 17.1 Å². The highest BCUT2D eigenvalue weighted by Crippen LogP contribution is 2.22. The van der Waals surface area contributed by atoms with Crippen molar-refractivity contribution in [2.45, 2.75) is 25.7 Å². The van der Waals surface area contributed by atoms with Gasteiger partial charge in [-0.15, -0.1) is 0 Å². The maximum Gasteiger partial charge on any atom is 0.158 e. The number of carbonyl (C=O) groups is 1. The van der Waals surface area contributed by atoms with Gasteiger partial charge in [0.2, 0.25) is 0 Å². The van der Waals surface area contributed by atoms with Gasteiger partial charge in [0.1, 0.15) is 0 Å². The Hall–Kier alpha value is -1.63. The maximum atomic E-state index is 11.6. The van der Waals surface area contributed by atoms with Crippen LogP contribution in [-0.4, -0.2) is 5.78 Å². The molecule has 0 atom stereocenters. The van der Waals surface area contributed by atoms with Crippen molar-refractivity contribution in [3.05, 3.63) is 47.5 Å². The van der Waals surface area contributed by atoms with Crippen LogP contribution >= 0.6 is 0 Å². The molecule has 2 rings (SSSR count). The van der Waals surface area contributed by atoms with E-state index in [0.717, 1.165) is 42.4 Å². The molecule has 0 radical (unpaired) electrons. The van der Waals surface area contributed by atoms with Crippen LogP contribution in [0.2, 0.25) is 0 Å². The number of carbonyl (C=O) groups excluding carboxylic acids is 1. The summed E-state index contributed by atoms with van der Waals surface area (Å²) < 4.78 is 0. The fraction of sp³-hybridized carbons (Fsp3) is 0.267. The highest BCUT2D eigenvalue weighted by Gasteiger charge is 2.14. The molecule has 0 spiro atoms. The molecular formula is C15H16O. The van der Waals surface area contributed by atoms with Gasteiger partial charge in [-0.25, -0.2) is 0 Å². The minimum Gasteiger partial charge on any atom is -0.295 e. The van der Waals surface area contributed by atoms with Crippen molar-refractivity contribution >= 4 is 17.9 Å². The lowest BCUT2D eigenvalue weighted by atomic mass is 9.92. The lowest BCUT2D eigenvalue weighted by Gasteiger charge is -2.12. The zero-order chi connectivity index (χ0) is 11.4. The SMILES string of the molecule is C=Cc1ccc(/C=C2/CCCCC2=O)cc1. The zero-order valence-electron chi connectivity index (χ0n) is 9.41. The minimum absolute atomic E-state index is 0.319. The Balaban J connectivity index is 2.20. The summed E-state index contributed by atoms with van der Waals surface area (Å²) in [5, 5.41) is 0. The van der Waals surface area contributed by atoms with Crippen LogP contribution in [-0.2, 0) is 4.79 Å². The fourth-order valence-electron chi connectivity index (χ4n) is 1.98. The van der Waals surface area contributed by atoms with Crippen molar-refractivity contribution in [3.8, 4) is 0 Å². The molecule has 1 aromatic carbocycles. The molecule has 1 aliphatic carbocycles. The minimum atomic E-state index is 0.319. The molecule has 1 heteroatoms. The molecule has 16 heavy (non-hydrogen) atoms. The molecule has 0 saturated heterocycles. The van der Waals surface area contributed by atoms with Crippen LogP contribution < -0.4 is 0 Å². The average Bonchev–Trinajstić information content (AvgIpc) is 2.33. The molecule has 0 aliphatic heterocycles. The first kappa shape index (κ1) is 10.9. The van der Waals surface area contributed by atoms with Crippen LogP contribution in [0.15, 0.2) is 36.4 Å². The maximum absolute atomic E-state index is 11.6. The molecule has 0 heterocycles. The monoisotopic (exact) mass is 212 g/mol. The quantitative estimate of drug-likeness (QED) is 0.680. The van der Waals surface area contributed by atoms with E-state index in [1.165, 1.54) is 0 Å². The third-order valence-corrected chi connectivity index (χ3v) is 2.97. The summed E-state index contributed by atoms with van der Waals surface area (Å²) >= 11 is 0. The second kappa shape index (κ2) is 4.93. The van der Waals surface area contributed by atoms with Gasteiger partial charge in [-0.05, 0) is 42.0 Å². The number of benzene rings is 1. The van der Waals surface area contributed by atoms with Gasteiger partial charge in [-0.3, -0.25) is 4.79 Å². The van der Waals surface area contributed by atoms with Crippen LogP contribution in [0.4, 0.5) is 0 Å². The van der Waals surface area contributed by atoms with Gasteiger partial charge >= 0.3 is 0 Å². The van der Waals surface area contributed by atoms with Gasteiger partial charge in [0.15, 0.2) is 5.78 Å². The Morgan fingerprint density at radius 2 is 1.62 bits per heavy atom. The average molecular weight is 212 g/mol. The second-order valence-corrected chi connectivity index (χ2v) is 4.17. The summed E-state index contributed by atoms with van der Waals surface area (Å²) in [6, 6.07) is 8.11. The van der Waals surface area contributed by atoms with E-state index in [1.54, 1.807) is 0 Å². The van der Waals surface area contributed by atoms with Gasteiger partial charge in [0.25, 0.3) is 0 Å². The molecule has 1 aliphatic rings. The predicted octanol–water partition coefficient (Wildman–Crippen LogP) is 3.86. The van der Waals surface area contributed by atoms with Crippen molar-refractivity contribution in [2.24, 2.45) is 0 Å². The first-order chi connectivity index (χ1) is 7.79. The highest BCUT2D eigenvalue weighted by molar-refractivity contribution is 6.00. The van der Waals surface area contributed by atoms with E-state index in [9.17, 15) is 4.79 Å². The Labute approximate surface area is 96.5 Å². The lowest BCUT2D eigenvalue weighted by Crippen LogP contribution is -2.07. The summed E-state index contributed by atoms with van der Waals surface area (Å²) in [4.78, 5) is 11.6. The predicted molar refractivity (Wildman–Crippen MR) is 68.0 cm³/mol. The summed E-state index contributed by atoms with van der Waals surface area (Å²) in [6.07, 6.45) is 7.68. The third kappa shape index (κ3) is 2.48. The number of rotatable bonds is 2. The highest BCUT2D eigenvalue weighted by atomic mass is 16.1. The van der Waals surface area contributed by atoms with E-state index < -0.39 is 0 Å². The smallest absolute Gasteiger partial charge is 0.158 e. The van der Waals surface area contributed by atoms with Gasteiger partial charge in [0, 0.05) is 6.42 Å². The van der Waals surface area contributed by atoms with Crippen LogP contribution in [0.5, 0.6) is 0 Å². The molecule has 1 fully saturated rings. The van der Waals surface area contributed by atoms with Crippen LogP contribution in [0.25, 0.3) is 12.2 Å². The van der Waals surface area contributed by atoms with Crippen LogP contribution in [0.1, 0.15) is 36.8 Å². The van der Waals surface area contributed by atoms with Gasteiger partial charge in [-0.1, -0.05) is 36.9 Å². The Kier molecular flexibility index (Phi) is 3.35. The van der Waals surface area contributed by atoms with Crippen LogP contribution in [0.3, 0.4) is 0 Å². The molecule has 0 unspecified atom stereocenters. The number of allylic oxidation sites excluding steroid dienone is 1. The van der Waals surface area contributed by atoms with E-state index in [0.29, 0.717) is 5.78 Å². The Bertz CT molecular complexity index is 423. The van der Waals surface area contributed by atoms with E-state index >= 15 is 0 Å². The second-order valence-electron chi connectivity index (χ2n) is 4.17. The van der Waals surface area contributed by atoms with Crippen molar-refractivity contribution in [2.75, 3.05) is 0 Å². The molecule has 0 aromatic heterocycles. The van der Waals surface area contributed by atoms with Crippen molar-refractivity contribution in [1.82, 2.24) is 0 Å². The number of ketones is 1. The van der Waals surface area contributed by atoms with Gasteiger partial charge < -0.3 is 0 Å². The first-order valence-corrected chi connectivity index (χ1v) is 5.76. The largest absolute Gasteiger partial charge is 0.295 e. The summed E-state index contributed by atoms with van der Waals surface area (Å²) in [7, 11) is 0. The summed E-state index contributed by atoms with van der Waals surface area (Å²) in [5.41, 5.74) is 3.20. The van der Waals surface area contributed by atoms with Crippen molar-refractivity contribution < 1.29 is 4.79 Å². The number of hydrogen-bond acceptors (Lipinski definition) is 1. The fourth-order valence-corrected chi connectivity index (χ4v) is 1.98. The Morgan fingerprint density at radius 3 is 2.25 bits per heavy atom. The van der Waals surface area contributed by atoms with Crippen molar-refractivity contribution in [1.29, 1.82) is 0 Å². The molecule has 1 aromatic rings. The van der Waals surface area contributed by atoms with Gasteiger partial charge in [-0.2, -0.15) is 0 Å². The molecule has 1 saturated carbocycles. The van der Waals surface area contributed by atoms with E-state index in [2.05, 4.69) is 6.58 Å². The first-order valence-electron chi connectivity index (χ1n) is 5.76. The van der Waals surface area contributed by atoms with Gasteiger partial charge in [0.05, 0.1) is 0 Å². The molecule has 1 nitrogen and oxygen atoms in total. The van der Waals surface area contributed by atoms with Crippen molar-refractivity contribution in [3.63, 3.8) is 0 Å². The molecule has 0 bridgehead atoms. The lowest BCUT2D eigenvalue weighted by molar-refractivity contribution is -0.116. The van der Waals surface area contributed by atoms with E-state index in [-0.39, 0.29) is 0 Å². The summed E-state index contributed by atoms with van der Waals surface area (Å²) in [6.45, 7) is 3.72. The third-order valence-electron chi connectivity index (χ3n) is 2.97. The van der Waals surface area contributed by atoms with Crippen LogP contribution in [0, 0.1) is 0 Å². The number of hydrogen-bond donors (Lipinski definition) is 0. The molecular weight excluding hydrogens is 196 g/mol. The summed E-state index contributed by atoms with van der Waals surface area (Å²) in [5.74, 6) is 0.319. The van der Waals surface area contributed by atoms with E-state index in [4.69, 9.17) is 0 Å². The molecule has 82 valence electrons. The van der Waals surface area contributed by atoms with E-state index in [1.807, 2.05) is 36.4 Å². The zero-order valence-corrected chi connectivity index (χ0v) is 9.41.